The first-order valence-electron chi connectivity index (χ1n) is 8.52. The summed E-state index contributed by atoms with van der Waals surface area (Å²) in [6.07, 6.45) is 2.12. The molecule has 0 aromatic heterocycles. The fourth-order valence-corrected chi connectivity index (χ4v) is 2.36. The number of nitrogens with one attached hydrogen (secondary N) is 2. The molecule has 2 rings (SSSR count). The maximum absolute atomic E-state index is 5.66. The molecule has 2 N–H and O–H groups in total. The van der Waals surface area contributed by atoms with Gasteiger partial charge in [-0.15, -0.1) is 0 Å². The van der Waals surface area contributed by atoms with Gasteiger partial charge in [-0.25, -0.2) is 0 Å². The molecule has 0 fully saturated rings. The molecule has 0 radical (unpaired) electrons. The van der Waals surface area contributed by atoms with Crippen LogP contribution in [0.4, 0.5) is 0 Å². The van der Waals surface area contributed by atoms with Crippen LogP contribution in [-0.2, 0) is 17.8 Å². The average Bonchev–Trinajstić information content (AvgIpc) is 2.61. The van der Waals surface area contributed by atoms with Gasteiger partial charge < -0.3 is 15.4 Å². The molecule has 0 heterocycles. The lowest BCUT2D eigenvalue weighted by atomic mass is 10.2. The average molecular weight is 312 g/mol. The fourth-order valence-electron chi connectivity index (χ4n) is 2.36. The van der Waals surface area contributed by atoms with Crippen molar-refractivity contribution in [3.05, 3.63) is 71.8 Å². The zero-order valence-electron chi connectivity index (χ0n) is 13.8. The van der Waals surface area contributed by atoms with E-state index < -0.39 is 0 Å². The van der Waals surface area contributed by atoms with Crippen molar-refractivity contribution in [1.82, 2.24) is 10.6 Å². The van der Waals surface area contributed by atoms with Crippen LogP contribution < -0.4 is 10.6 Å². The van der Waals surface area contributed by atoms with Crippen LogP contribution in [0, 0.1) is 0 Å². The Morgan fingerprint density at radius 2 is 1.04 bits per heavy atom. The van der Waals surface area contributed by atoms with Crippen LogP contribution in [0.3, 0.4) is 0 Å². The van der Waals surface area contributed by atoms with E-state index in [2.05, 4.69) is 59.2 Å². The molecule has 0 aliphatic rings. The van der Waals surface area contributed by atoms with Crippen molar-refractivity contribution >= 4 is 0 Å². The minimum atomic E-state index is 0.834. The molecule has 0 amide bonds. The number of rotatable bonds is 12. The molecule has 0 atom stereocenters. The molecule has 0 unspecified atom stereocenters. The van der Waals surface area contributed by atoms with Crippen molar-refractivity contribution in [3.8, 4) is 0 Å². The van der Waals surface area contributed by atoms with Crippen LogP contribution in [0.2, 0.25) is 0 Å². The third-order valence-electron chi connectivity index (χ3n) is 3.63. The quantitative estimate of drug-likeness (QED) is 0.590. The van der Waals surface area contributed by atoms with Crippen LogP contribution in [0.25, 0.3) is 0 Å². The lowest BCUT2D eigenvalue weighted by Gasteiger charge is -2.07. The van der Waals surface area contributed by atoms with Gasteiger partial charge in [-0.05, 0) is 37.1 Å². The van der Waals surface area contributed by atoms with Crippen LogP contribution in [0.15, 0.2) is 60.7 Å². The molecule has 3 nitrogen and oxygen atoms in total. The zero-order valence-corrected chi connectivity index (χ0v) is 13.8. The summed E-state index contributed by atoms with van der Waals surface area (Å²) in [4.78, 5) is 0. The second-order valence-electron chi connectivity index (χ2n) is 5.64. The molecule has 2 aromatic rings. The Hall–Kier alpha value is -1.68. The van der Waals surface area contributed by atoms with Gasteiger partial charge in [0, 0.05) is 26.3 Å². The summed E-state index contributed by atoms with van der Waals surface area (Å²) < 4.78 is 5.66. The summed E-state index contributed by atoms with van der Waals surface area (Å²) >= 11 is 0. The summed E-state index contributed by atoms with van der Waals surface area (Å²) in [5, 5.41) is 6.88. The second-order valence-corrected chi connectivity index (χ2v) is 5.64. The first kappa shape index (κ1) is 17.7. The van der Waals surface area contributed by atoms with Gasteiger partial charge in [0.05, 0.1) is 0 Å². The van der Waals surface area contributed by atoms with Crippen molar-refractivity contribution in [2.75, 3.05) is 26.3 Å². The normalized spacial score (nSPS) is 10.8. The van der Waals surface area contributed by atoms with E-state index >= 15 is 0 Å². The molecular weight excluding hydrogens is 284 g/mol. The Balaban J connectivity index is 1.34. The van der Waals surface area contributed by atoms with Crippen molar-refractivity contribution in [2.45, 2.75) is 25.9 Å². The first-order chi connectivity index (χ1) is 11.4. The summed E-state index contributed by atoms with van der Waals surface area (Å²) in [6.45, 7) is 5.54. The van der Waals surface area contributed by atoms with E-state index in [1.165, 1.54) is 11.1 Å². The van der Waals surface area contributed by atoms with Gasteiger partial charge in [0.2, 0.25) is 0 Å². The molecule has 0 spiro atoms. The summed E-state index contributed by atoms with van der Waals surface area (Å²) in [6, 6.07) is 21.0. The van der Waals surface area contributed by atoms with Gasteiger partial charge in [-0.3, -0.25) is 0 Å². The van der Waals surface area contributed by atoms with Crippen LogP contribution in [0.1, 0.15) is 24.0 Å². The summed E-state index contributed by atoms with van der Waals surface area (Å²) in [7, 11) is 0. The standard InChI is InChI=1S/C20H28N2O/c1-3-9-19(10-4-1)17-21-13-7-15-23-16-8-14-22-18-20-11-5-2-6-12-20/h1-6,9-12,21-22H,7-8,13-18H2. The van der Waals surface area contributed by atoms with Gasteiger partial charge in [0.15, 0.2) is 0 Å². The molecule has 2 aromatic carbocycles. The molecule has 23 heavy (non-hydrogen) atoms. The molecule has 0 bridgehead atoms. The molecular formula is C20H28N2O. The molecule has 0 aliphatic heterocycles. The van der Waals surface area contributed by atoms with E-state index in [4.69, 9.17) is 4.74 Å². The minimum Gasteiger partial charge on any atom is -0.381 e. The zero-order chi connectivity index (χ0) is 16.0. The topological polar surface area (TPSA) is 33.3 Å². The molecule has 0 saturated heterocycles. The van der Waals surface area contributed by atoms with Crippen molar-refractivity contribution < 1.29 is 4.74 Å². The lowest BCUT2D eigenvalue weighted by molar-refractivity contribution is 0.129. The number of benzene rings is 2. The molecule has 124 valence electrons. The van der Waals surface area contributed by atoms with Crippen molar-refractivity contribution in [2.24, 2.45) is 0 Å². The van der Waals surface area contributed by atoms with Crippen molar-refractivity contribution in [3.63, 3.8) is 0 Å². The third-order valence-corrected chi connectivity index (χ3v) is 3.63. The number of hydrogen-bond acceptors (Lipinski definition) is 3. The Morgan fingerprint density at radius 1 is 0.609 bits per heavy atom. The second kappa shape index (κ2) is 11.8. The summed E-state index contributed by atoms with van der Waals surface area (Å²) in [5.41, 5.74) is 2.66. The maximum atomic E-state index is 5.66. The van der Waals surface area contributed by atoms with E-state index in [-0.39, 0.29) is 0 Å². The Kier molecular flexibility index (Phi) is 9.09. The smallest absolute Gasteiger partial charge is 0.0478 e. The van der Waals surface area contributed by atoms with Gasteiger partial charge in [-0.1, -0.05) is 60.7 Å². The lowest BCUT2D eigenvalue weighted by Crippen LogP contribution is -2.18. The highest BCUT2D eigenvalue weighted by atomic mass is 16.5. The highest BCUT2D eigenvalue weighted by Gasteiger charge is 1.94. The predicted molar refractivity (Wildman–Crippen MR) is 96.4 cm³/mol. The van der Waals surface area contributed by atoms with Gasteiger partial charge >= 0.3 is 0 Å². The third kappa shape index (κ3) is 8.50. The molecule has 0 aliphatic carbocycles. The monoisotopic (exact) mass is 312 g/mol. The van der Waals surface area contributed by atoms with Gasteiger partial charge in [0.25, 0.3) is 0 Å². The summed E-state index contributed by atoms with van der Waals surface area (Å²) in [5.74, 6) is 0. The molecule has 3 heteroatoms. The Bertz CT molecular complexity index is 454. The highest BCUT2D eigenvalue weighted by Crippen LogP contribution is 1.98. The van der Waals surface area contributed by atoms with E-state index in [9.17, 15) is 0 Å². The van der Waals surface area contributed by atoms with Gasteiger partial charge in [0.1, 0.15) is 0 Å². The van der Waals surface area contributed by atoms with Crippen LogP contribution in [-0.4, -0.2) is 26.3 Å². The van der Waals surface area contributed by atoms with Crippen LogP contribution >= 0.6 is 0 Å². The van der Waals surface area contributed by atoms with E-state index in [1.54, 1.807) is 0 Å². The fraction of sp³-hybridized carbons (Fsp3) is 0.400. The highest BCUT2D eigenvalue weighted by molar-refractivity contribution is 5.14. The predicted octanol–water partition coefficient (Wildman–Crippen LogP) is 3.36. The Morgan fingerprint density at radius 3 is 1.48 bits per heavy atom. The van der Waals surface area contributed by atoms with E-state index in [1.807, 2.05) is 12.1 Å². The largest absolute Gasteiger partial charge is 0.381 e. The Labute approximate surface area is 140 Å². The number of hydrogen-bond donors (Lipinski definition) is 2. The SMILES string of the molecule is c1ccc(CNCCCOCCCNCc2ccccc2)cc1. The van der Waals surface area contributed by atoms with E-state index in [0.29, 0.717) is 0 Å². The first-order valence-corrected chi connectivity index (χ1v) is 8.52. The van der Waals surface area contributed by atoms with Crippen LogP contribution in [0.5, 0.6) is 0 Å². The van der Waals surface area contributed by atoms with Gasteiger partial charge in [-0.2, -0.15) is 0 Å². The number of ether oxygens (including phenoxy) is 1. The van der Waals surface area contributed by atoms with Crippen molar-refractivity contribution in [1.29, 1.82) is 0 Å². The minimum absolute atomic E-state index is 0.834. The van der Waals surface area contributed by atoms with E-state index in [0.717, 1.165) is 52.2 Å². The molecule has 0 saturated carbocycles. The maximum Gasteiger partial charge on any atom is 0.0478 e.